The first kappa shape index (κ1) is 22.8. The van der Waals surface area contributed by atoms with E-state index in [-0.39, 0.29) is 51.7 Å². The molecule has 0 aliphatic heterocycles. The zero-order chi connectivity index (χ0) is 15.9. The Bertz CT molecular complexity index is 553. The fourth-order valence-electron chi connectivity index (χ4n) is 2.67. The van der Waals surface area contributed by atoms with E-state index in [0.717, 1.165) is 31.2 Å². The molecule has 1 fully saturated rings. The standard InChI is InChI=1S/C17H23N3O2.2BrH/c18-11-13-1-6-14(7-2-13)17(21)22-15-8-3-12(4-9-15)5-10-16(19)20;;/h3-5,8-10,13-14H,1-2,6-7,11,18H2,(H3,19,20);2*1H/b10-5+;;. The molecule has 0 bridgehead atoms. The number of rotatable bonds is 5. The van der Waals surface area contributed by atoms with Crippen molar-refractivity contribution in [1.82, 2.24) is 0 Å². The molecule has 1 aromatic rings. The number of carbonyl (C=O) groups is 1. The predicted octanol–water partition coefficient (Wildman–Crippen LogP) is 3.46. The third kappa shape index (κ3) is 7.15. The van der Waals surface area contributed by atoms with Crippen molar-refractivity contribution in [2.24, 2.45) is 23.3 Å². The van der Waals surface area contributed by atoms with Gasteiger partial charge in [-0.25, -0.2) is 0 Å². The lowest BCUT2D eigenvalue weighted by atomic mass is 9.82. The van der Waals surface area contributed by atoms with Crippen LogP contribution < -0.4 is 16.2 Å². The Balaban J connectivity index is 0.00000264. The number of nitrogens with two attached hydrogens (primary N) is 2. The predicted molar refractivity (Wildman–Crippen MR) is 108 cm³/mol. The van der Waals surface area contributed by atoms with E-state index < -0.39 is 0 Å². The van der Waals surface area contributed by atoms with Crippen molar-refractivity contribution >= 4 is 51.8 Å². The highest BCUT2D eigenvalue weighted by Gasteiger charge is 2.27. The first-order valence-corrected chi connectivity index (χ1v) is 7.62. The van der Waals surface area contributed by atoms with Crippen LogP contribution in [0.5, 0.6) is 5.75 Å². The lowest BCUT2D eigenvalue weighted by Crippen LogP contribution is -2.28. The summed E-state index contributed by atoms with van der Waals surface area (Å²) in [4.78, 5) is 12.2. The van der Waals surface area contributed by atoms with E-state index in [0.29, 0.717) is 18.2 Å². The highest BCUT2D eigenvalue weighted by atomic mass is 79.9. The lowest BCUT2D eigenvalue weighted by molar-refractivity contribution is -0.140. The number of benzene rings is 1. The average Bonchev–Trinajstić information content (AvgIpc) is 2.54. The zero-order valence-corrected chi connectivity index (χ0v) is 16.9. The summed E-state index contributed by atoms with van der Waals surface area (Å²) in [5, 5.41) is 7.13. The second-order valence-electron chi connectivity index (χ2n) is 5.73. The van der Waals surface area contributed by atoms with Gasteiger partial charge < -0.3 is 16.2 Å². The van der Waals surface area contributed by atoms with Gasteiger partial charge in [-0.3, -0.25) is 10.2 Å². The molecule has 5 nitrogen and oxygen atoms in total. The molecule has 1 saturated carbocycles. The molecule has 24 heavy (non-hydrogen) atoms. The van der Waals surface area contributed by atoms with Gasteiger partial charge in [0, 0.05) is 0 Å². The van der Waals surface area contributed by atoms with Gasteiger partial charge in [0.15, 0.2) is 0 Å². The van der Waals surface area contributed by atoms with Gasteiger partial charge in [0.05, 0.1) is 5.92 Å². The monoisotopic (exact) mass is 461 g/mol. The van der Waals surface area contributed by atoms with Crippen LogP contribution in [0.1, 0.15) is 31.2 Å². The number of hydrogen-bond donors (Lipinski definition) is 3. The van der Waals surface area contributed by atoms with E-state index in [4.69, 9.17) is 21.6 Å². The first-order chi connectivity index (χ1) is 10.6. The molecule has 7 heteroatoms. The van der Waals surface area contributed by atoms with Gasteiger partial charge in [0.1, 0.15) is 11.6 Å². The van der Waals surface area contributed by atoms with Gasteiger partial charge in [-0.1, -0.05) is 18.2 Å². The molecule has 134 valence electrons. The smallest absolute Gasteiger partial charge is 0.314 e. The molecule has 0 saturated heterocycles. The van der Waals surface area contributed by atoms with Crippen LogP contribution in [0.4, 0.5) is 0 Å². The third-order valence-corrected chi connectivity index (χ3v) is 4.07. The summed E-state index contributed by atoms with van der Waals surface area (Å²) in [7, 11) is 0. The van der Waals surface area contributed by atoms with Crippen LogP contribution >= 0.6 is 34.0 Å². The second kappa shape index (κ2) is 11.4. The quantitative estimate of drug-likeness (QED) is 0.270. The summed E-state index contributed by atoms with van der Waals surface area (Å²) < 4.78 is 5.44. The van der Waals surface area contributed by atoms with E-state index in [1.807, 2.05) is 12.1 Å². The first-order valence-electron chi connectivity index (χ1n) is 7.62. The molecule has 2 rings (SSSR count). The third-order valence-electron chi connectivity index (χ3n) is 4.07. The van der Waals surface area contributed by atoms with E-state index in [9.17, 15) is 4.79 Å². The fraction of sp³-hybridized carbons (Fsp3) is 0.412. The van der Waals surface area contributed by atoms with Crippen molar-refractivity contribution in [3.05, 3.63) is 35.9 Å². The Hall–Kier alpha value is -1.18. The lowest BCUT2D eigenvalue weighted by Gasteiger charge is -2.26. The topological polar surface area (TPSA) is 102 Å². The largest absolute Gasteiger partial charge is 0.426 e. The SMILES string of the molecule is Br.Br.N=C(N)/C=C/c1ccc(OC(=O)C2CCC(CN)CC2)cc1. The van der Waals surface area contributed by atoms with Crippen LogP contribution in [0.25, 0.3) is 6.08 Å². The van der Waals surface area contributed by atoms with Crippen LogP contribution in [0, 0.1) is 17.2 Å². The number of hydrogen-bond acceptors (Lipinski definition) is 4. The Morgan fingerprint density at radius 3 is 2.25 bits per heavy atom. The van der Waals surface area contributed by atoms with Crippen LogP contribution in [-0.4, -0.2) is 18.3 Å². The Morgan fingerprint density at radius 2 is 1.75 bits per heavy atom. The summed E-state index contributed by atoms with van der Waals surface area (Å²) in [6.45, 7) is 0.705. The fourth-order valence-corrected chi connectivity index (χ4v) is 2.67. The average molecular weight is 463 g/mol. The molecular formula is C17H25Br2N3O2. The Morgan fingerprint density at radius 1 is 1.17 bits per heavy atom. The number of halogens is 2. The van der Waals surface area contributed by atoms with Gasteiger partial charge in [-0.05, 0) is 61.9 Å². The maximum absolute atomic E-state index is 12.2. The molecule has 1 aliphatic carbocycles. The number of nitrogens with one attached hydrogen (secondary N) is 1. The van der Waals surface area contributed by atoms with Gasteiger partial charge >= 0.3 is 5.97 Å². The molecule has 5 N–H and O–H groups in total. The zero-order valence-electron chi connectivity index (χ0n) is 13.4. The minimum absolute atomic E-state index is 0. The molecule has 1 aliphatic rings. The molecular weight excluding hydrogens is 438 g/mol. The minimum Gasteiger partial charge on any atom is -0.426 e. The molecule has 0 atom stereocenters. The van der Waals surface area contributed by atoms with Gasteiger partial charge in [-0.15, -0.1) is 34.0 Å². The van der Waals surface area contributed by atoms with Crippen molar-refractivity contribution < 1.29 is 9.53 Å². The van der Waals surface area contributed by atoms with Gasteiger partial charge in [0.2, 0.25) is 0 Å². The summed E-state index contributed by atoms with van der Waals surface area (Å²) in [5.41, 5.74) is 11.8. The van der Waals surface area contributed by atoms with Crippen LogP contribution in [0.3, 0.4) is 0 Å². The maximum Gasteiger partial charge on any atom is 0.314 e. The molecule has 0 radical (unpaired) electrons. The Kier molecular flexibility index (Phi) is 10.8. The van der Waals surface area contributed by atoms with Crippen molar-refractivity contribution in [3.63, 3.8) is 0 Å². The van der Waals surface area contributed by atoms with Crippen LogP contribution in [-0.2, 0) is 4.79 Å². The summed E-state index contributed by atoms with van der Waals surface area (Å²) in [5.74, 6) is 0.938. The van der Waals surface area contributed by atoms with Gasteiger partial charge in [0.25, 0.3) is 0 Å². The van der Waals surface area contributed by atoms with Crippen LogP contribution in [0.2, 0.25) is 0 Å². The molecule has 0 aromatic heterocycles. The van der Waals surface area contributed by atoms with E-state index >= 15 is 0 Å². The molecule has 0 unspecified atom stereocenters. The van der Waals surface area contributed by atoms with E-state index in [1.54, 1.807) is 18.2 Å². The number of ether oxygens (including phenoxy) is 1. The van der Waals surface area contributed by atoms with Crippen molar-refractivity contribution in [3.8, 4) is 5.75 Å². The van der Waals surface area contributed by atoms with Crippen molar-refractivity contribution in [1.29, 1.82) is 5.41 Å². The summed E-state index contributed by atoms with van der Waals surface area (Å²) in [6.07, 6.45) is 6.98. The molecule has 1 aromatic carbocycles. The highest BCUT2D eigenvalue weighted by Crippen LogP contribution is 2.29. The molecule has 0 heterocycles. The second-order valence-corrected chi connectivity index (χ2v) is 5.73. The van der Waals surface area contributed by atoms with Crippen molar-refractivity contribution in [2.45, 2.75) is 25.7 Å². The number of carbonyl (C=O) groups excluding carboxylic acids is 1. The normalized spacial score (nSPS) is 19.9. The van der Waals surface area contributed by atoms with Crippen LogP contribution in [0.15, 0.2) is 30.3 Å². The summed E-state index contributed by atoms with van der Waals surface area (Å²) in [6, 6.07) is 7.16. The number of esters is 1. The maximum atomic E-state index is 12.2. The molecule has 0 spiro atoms. The van der Waals surface area contributed by atoms with Gasteiger partial charge in [-0.2, -0.15) is 0 Å². The van der Waals surface area contributed by atoms with E-state index in [1.165, 1.54) is 6.08 Å². The highest BCUT2D eigenvalue weighted by molar-refractivity contribution is 8.93. The molecule has 0 amide bonds. The minimum atomic E-state index is -0.150. The Labute approximate surface area is 163 Å². The van der Waals surface area contributed by atoms with Crippen molar-refractivity contribution in [2.75, 3.05) is 6.54 Å². The summed E-state index contributed by atoms with van der Waals surface area (Å²) >= 11 is 0. The van der Waals surface area contributed by atoms with E-state index in [2.05, 4.69) is 0 Å². The number of amidine groups is 1.